The Labute approximate surface area is 160 Å². The minimum atomic E-state index is 0.318. The predicted octanol–water partition coefficient (Wildman–Crippen LogP) is 5.17. The number of hydrogen-bond donors (Lipinski definition) is 2. The third-order valence-electron chi connectivity index (χ3n) is 4.75. The first-order valence-electron chi connectivity index (χ1n) is 8.89. The van der Waals surface area contributed by atoms with Crippen LogP contribution in [0.5, 0.6) is 5.75 Å². The van der Waals surface area contributed by atoms with Gasteiger partial charge in [-0.25, -0.2) is 0 Å². The van der Waals surface area contributed by atoms with E-state index >= 15 is 0 Å². The van der Waals surface area contributed by atoms with Gasteiger partial charge in [-0.3, -0.25) is 0 Å². The maximum atomic E-state index is 5.75. The number of nitrogens with one attached hydrogen (secondary N) is 2. The zero-order valence-corrected chi connectivity index (χ0v) is 16.3. The molecule has 2 N–H and O–H groups in total. The molecule has 0 aliphatic heterocycles. The Kier molecular flexibility index (Phi) is 5.78. The Balaban J connectivity index is 1.85. The van der Waals surface area contributed by atoms with Crippen LogP contribution in [0.3, 0.4) is 0 Å². The molecular formula is C21H25N3OS. The number of fused-ring (bicyclic) bond motifs is 1. The van der Waals surface area contributed by atoms with Gasteiger partial charge in [0.25, 0.3) is 0 Å². The van der Waals surface area contributed by atoms with E-state index in [0.29, 0.717) is 11.2 Å². The van der Waals surface area contributed by atoms with E-state index in [1.54, 1.807) is 7.11 Å². The van der Waals surface area contributed by atoms with Crippen LogP contribution in [0.4, 0.5) is 5.69 Å². The van der Waals surface area contributed by atoms with Gasteiger partial charge in [0, 0.05) is 29.7 Å². The smallest absolute Gasteiger partial charge is 0.174 e. The van der Waals surface area contributed by atoms with Crippen LogP contribution in [0.2, 0.25) is 0 Å². The number of hydrogen-bond acceptors (Lipinski definition) is 2. The maximum absolute atomic E-state index is 5.75. The van der Waals surface area contributed by atoms with Gasteiger partial charge >= 0.3 is 0 Å². The maximum Gasteiger partial charge on any atom is 0.174 e. The van der Waals surface area contributed by atoms with Crippen LogP contribution in [-0.4, -0.2) is 28.1 Å². The van der Waals surface area contributed by atoms with Crippen LogP contribution in [0.25, 0.3) is 10.9 Å². The van der Waals surface area contributed by atoms with E-state index in [9.17, 15) is 0 Å². The number of H-pyrrole nitrogens is 1. The second-order valence-electron chi connectivity index (χ2n) is 6.38. The summed E-state index contributed by atoms with van der Waals surface area (Å²) in [6.07, 6.45) is 3.09. The average molecular weight is 368 g/mol. The predicted molar refractivity (Wildman–Crippen MR) is 113 cm³/mol. The van der Waals surface area contributed by atoms with E-state index in [4.69, 9.17) is 17.0 Å². The first kappa shape index (κ1) is 18.3. The number of para-hydroxylation sites is 3. The van der Waals surface area contributed by atoms with Gasteiger partial charge in [0.2, 0.25) is 0 Å². The number of aromatic amines is 1. The third kappa shape index (κ3) is 3.83. The fourth-order valence-electron chi connectivity index (χ4n) is 3.03. The summed E-state index contributed by atoms with van der Waals surface area (Å²) in [5.41, 5.74) is 3.27. The fourth-order valence-corrected chi connectivity index (χ4v) is 3.38. The van der Waals surface area contributed by atoms with E-state index < -0.39 is 0 Å². The van der Waals surface area contributed by atoms with Crippen molar-refractivity contribution in [3.05, 3.63) is 60.3 Å². The molecule has 1 heterocycles. The molecule has 0 amide bonds. The summed E-state index contributed by atoms with van der Waals surface area (Å²) in [6, 6.07) is 16.5. The molecule has 0 unspecified atom stereocenters. The minimum Gasteiger partial charge on any atom is -0.495 e. The van der Waals surface area contributed by atoms with Gasteiger partial charge in [-0.2, -0.15) is 0 Å². The molecule has 136 valence electrons. The summed E-state index contributed by atoms with van der Waals surface area (Å²) < 4.78 is 5.43. The van der Waals surface area contributed by atoms with Crippen LogP contribution in [-0.2, 0) is 6.54 Å². The lowest BCUT2D eigenvalue weighted by atomic mass is 10.1. The largest absolute Gasteiger partial charge is 0.495 e. The molecule has 0 saturated heterocycles. The van der Waals surface area contributed by atoms with Crippen LogP contribution in [0.15, 0.2) is 54.7 Å². The number of anilines is 1. The van der Waals surface area contributed by atoms with Gasteiger partial charge in [0.15, 0.2) is 5.11 Å². The molecule has 4 nitrogen and oxygen atoms in total. The van der Waals surface area contributed by atoms with Crippen LogP contribution in [0.1, 0.15) is 25.8 Å². The van der Waals surface area contributed by atoms with E-state index in [-0.39, 0.29) is 0 Å². The van der Waals surface area contributed by atoms with Gasteiger partial charge in [-0.05, 0) is 49.3 Å². The van der Waals surface area contributed by atoms with E-state index in [1.165, 1.54) is 10.9 Å². The van der Waals surface area contributed by atoms with Crippen molar-refractivity contribution in [2.45, 2.75) is 32.9 Å². The van der Waals surface area contributed by atoms with Gasteiger partial charge in [0.1, 0.15) is 5.75 Å². The van der Waals surface area contributed by atoms with Crippen molar-refractivity contribution >= 4 is 33.9 Å². The van der Waals surface area contributed by atoms with Crippen molar-refractivity contribution < 1.29 is 4.74 Å². The molecule has 0 bridgehead atoms. The molecule has 1 atom stereocenters. The summed E-state index contributed by atoms with van der Waals surface area (Å²) in [5, 5.41) is 5.30. The molecule has 0 spiro atoms. The lowest BCUT2D eigenvalue weighted by Crippen LogP contribution is -2.40. The lowest BCUT2D eigenvalue weighted by Gasteiger charge is -2.31. The normalized spacial score (nSPS) is 12.0. The van der Waals surface area contributed by atoms with E-state index in [0.717, 1.165) is 29.9 Å². The molecule has 0 fully saturated rings. The first-order chi connectivity index (χ1) is 12.6. The highest BCUT2D eigenvalue weighted by Gasteiger charge is 2.19. The first-order valence-corrected chi connectivity index (χ1v) is 9.30. The van der Waals surface area contributed by atoms with E-state index in [1.807, 2.05) is 30.3 Å². The molecule has 1 aromatic heterocycles. The summed E-state index contributed by atoms with van der Waals surface area (Å²) in [5.74, 6) is 0.783. The van der Waals surface area contributed by atoms with Crippen molar-refractivity contribution in [1.29, 1.82) is 0 Å². The van der Waals surface area contributed by atoms with Crippen molar-refractivity contribution in [2.75, 3.05) is 12.4 Å². The number of rotatable bonds is 6. The number of nitrogens with zero attached hydrogens (tertiary/aromatic N) is 1. The molecule has 0 aliphatic carbocycles. The number of methoxy groups -OCH3 is 1. The third-order valence-corrected chi connectivity index (χ3v) is 5.08. The van der Waals surface area contributed by atoms with Crippen LogP contribution >= 0.6 is 12.2 Å². The SMILES string of the molecule is CC[C@@H](C)N(Cc1c[nH]c2ccccc12)C(=S)Nc1ccccc1OC. The molecule has 5 heteroatoms. The van der Waals surface area contributed by atoms with Crippen molar-refractivity contribution in [3.63, 3.8) is 0 Å². The fraction of sp³-hybridized carbons (Fsp3) is 0.286. The number of benzene rings is 2. The Bertz CT molecular complexity index is 890. The minimum absolute atomic E-state index is 0.318. The highest BCUT2D eigenvalue weighted by atomic mass is 32.1. The summed E-state index contributed by atoms with van der Waals surface area (Å²) in [4.78, 5) is 5.58. The van der Waals surface area contributed by atoms with Gasteiger partial charge < -0.3 is 19.9 Å². The highest BCUT2D eigenvalue weighted by molar-refractivity contribution is 7.80. The number of thiocarbonyl (C=S) groups is 1. The lowest BCUT2D eigenvalue weighted by molar-refractivity contribution is 0.320. The van der Waals surface area contributed by atoms with Gasteiger partial charge in [0.05, 0.1) is 12.8 Å². The van der Waals surface area contributed by atoms with Crippen LogP contribution in [0, 0.1) is 0 Å². The number of aromatic nitrogens is 1. The van der Waals surface area contributed by atoms with Crippen LogP contribution < -0.4 is 10.1 Å². The molecule has 3 aromatic rings. The van der Waals surface area contributed by atoms with Crippen molar-refractivity contribution in [2.24, 2.45) is 0 Å². The summed E-state index contributed by atoms with van der Waals surface area (Å²) in [7, 11) is 1.67. The Morgan fingerprint density at radius 2 is 1.92 bits per heavy atom. The Morgan fingerprint density at radius 3 is 2.69 bits per heavy atom. The van der Waals surface area contributed by atoms with E-state index in [2.05, 4.69) is 53.4 Å². The quantitative estimate of drug-likeness (QED) is 0.589. The van der Waals surface area contributed by atoms with Crippen molar-refractivity contribution in [1.82, 2.24) is 9.88 Å². The monoisotopic (exact) mass is 367 g/mol. The number of ether oxygens (including phenoxy) is 1. The molecular weight excluding hydrogens is 342 g/mol. The van der Waals surface area contributed by atoms with Gasteiger partial charge in [-0.15, -0.1) is 0 Å². The molecule has 26 heavy (non-hydrogen) atoms. The Morgan fingerprint density at radius 1 is 1.19 bits per heavy atom. The second kappa shape index (κ2) is 8.23. The molecule has 0 radical (unpaired) electrons. The molecule has 0 saturated carbocycles. The average Bonchev–Trinajstić information content (AvgIpc) is 3.08. The Hall–Kier alpha value is -2.53. The summed E-state index contributed by atoms with van der Waals surface area (Å²) in [6.45, 7) is 5.13. The molecule has 3 rings (SSSR count). The highest BCUT2D eigenvalue weighted by Crippen LogP contribution is 2.25. The molecule has 2 aromatic carbocycles. The standard InChI is InChI=1S/C21H25N3OS/c1-4-15(2)24(14-16-13-22-18-10-6-5-9-17(16)18)21(26)23-19-11-7-8-12-20(19)25-3/h5-13,15,22H,4,14H2,1-3H3,(H,23,26)/t15-/m1/s1. The zero-order chi connectivity index (χ0) is 18.5. The van der Waals surface area contributed by atoms with Gasteiger partial charge in [-0.1, -0.05) is 37.3 Å². The summed E-state index contributed by atoms with van der Waals surface area (Å²) >= 11 is 5.75. The topological polar surface area (TPSA) is 40.3 Å². The molecule has 0 aliphatic rings. The zero-order valence-electron chi connectivity index (χ0n) is 15.5. The second-order valence-corrected chi connectivity index (χ2v) is 6.76. The van der Waals surface area contributed by atoms with Crippen molar-refractivity contribution in [3.8, 4) is 5.75 Å².